The summed E-state index contributed by atoms with van der Waals surface area (Å²) in [5.74, 6) is 2.51. The third-order valence-corrected chi connectivity index (χ3v) is 4.42. The molecule has 0 saturated carbocycles. The SMILES string of the molecule is CSCCC(NC(=O)CCc1ccco1)c1nnc2ccccn12. The summed E-state index contributed by atoms with van der Waals surface area (Å²) < 4.78 is 7.20. The van der Waals surface area contributed by atoms with E-state index in [2.05, 4.69) is 21.8 Å². The highest BCUT2D eigenvalue weighted by Crippen LogP contribution is 2.18. The number of pyridine rings is 1. The van der Waals surface area contributed by atoms with Gasteiger partial charge >= 0.3 is 0 Å². The van der Waals surface area contributed by atoms with Crippen LogP contribution in [0.1, 0.15) is 30.5 Å². The number of carbonyl (C=O) groups excluding carboxylic acids is 1. The van der Waals surface area contributed by atoms with Gasteiger partial charge in [0.2, 0.25) is 5.91 Å². The van der Waals surface area contributed by atoms with Gasteiger partial charge in [0.15, 0.2) is 11.5 Å². The fourth-order valence-electron chi connectivity index (χ4n) is 2.56. The Labute approximate surface area is 144 Å². The molecule has 7 heteroatoms. The molecule has 0 aliphatic rings. The second kappa shape index (κ2) is 8.01. The third kappa shape index (κ3) is 3.97. The average Bonchev–Trinajstić information content (AvgIpc) is 3.26. The number of nitrogens with zero attached hydrogens (tertiary/aromatic N) is 3. The highest BCUT2D eigenvalue weighted by molar-refractivity contribution is 7.98. The van der Waals surface area contributed by atoms with Crippen molar-refractivity contribution in [1.82, 2.24) is 19.9 Å². The van der Waals surface area contributed by atoms with E-state index in [4.69, 9.17) is 4.42 Å². The topological polar surface area (TPSA) is 72.4 Å². The van der Waals surface area contributed by atoms with Crippen LogP contribution >= 0.6 is 11.8 Å². The Hall–Kier alpha value is -2.28. The summed E-state index contributed by atoms with van der Waals surface area (Å²) in [6, 6.07) is 9.32. The van der Waals surface area contributed by atoms with Gasteiger partial charge in [-0.05, 0) is 42.7 Å². The molecule has 3 aromatic heterocycles. The summed E-state index contributed by atoms with van der Waals surface area (Å²) >= 11 is 1.75. The van der Waals surface area contributed by atoms with Gasteiger partial charge in [0.05, 0.1) is 12.3 Å². The van der Waals surface area contributed by atoms with E-state index >= 15 is 0 Å². The maximum absolute atomic E-state index is 12.3. The van der Waals surface area contributed by atoms with Gasteiger partial charge in [0.25, 0.3) is 0 Å². The maximum Gasteiger partial charge on any atom is 0.221 e. The first-order chi connectivity index (χ1) is 11.8. The summed E-state index contributed by atoms with van der Waals surface area (Å²) in [7, 11) is 0. The first-order valence-corrected chi connectivity index (χ1v) is 9.27. The van der Waals surface area contributed by atoms with Crippen molar-refractivity contribution in [2.75, 3.05) is 12.0 Å². The van der Waals surface area contributed by atoms with E-state index in [1.54, 1.807) is 18.0 Å². The van der Waals surface area contributed by atoms with Crippen molar-refractivity contribution < 1.29 is 9.21 Å². The summed E-state index contributed by atoms with van der Waals surface area (Å²) in [5, 5.41) is 11.6. The molecule has 6 nitrogen and oxygen atoms in total. The molecule has 0 spiro atoms. The molecule has 0 aliphatic heterocycles. The number of thioether (sulfide) groups is 1. The van der Waals surface area contributed by atoms with Crippen LogP contribution in [0.25, 0.3) is 5.65 Å². The molecule has 126 valence electrons. The van der Waals surface area contributed by atoms with Crippen molar-refractivity contribution in [3.8, 4) is 0 Å². The Morgan fingerprint density at radius 3 is 3.04 bits per heavy atom. The van der Waals surface area contributed by atoms with Crippen molar-refractivity contribution in [1.29, 1.82) is 0 Å². The minimum absolute atomic E-state index is 0.00909. The van der Waals surface area contributed by atoms with Crippen molar-refractivity contribution in [2.24, 2.45) is 0 Å². The predicted molar refractivity (Wildman–Crippen MR) is 93.9 cm³/mol. The molecular formula is C17H20N4O2S. The van der Waals surface area contributed by atoms with Crippen LogP contribution in [0.4, 0.5) is 0 Å². The zero-order valence-corrected chi connectivity index (χ0v) is 14.3. The van der Waals surface area contributed by atoms with Crippen molar-refractivity contribution in [3.05, 3.63) is 54.4 Å². The highest BCUT2D eigenvalue weighted by Gasteiger charge is 2.20. The van der Waals surface area contributed by atoms with Crippen LogP contribution in [0.3, 0.4) is 0 Å². The lowest BCUT2D eigenvalue weighted by atomic mass is 10.2. The second-order valence-electron chi connectivity index (χ2n) is 5.47. The molecule has 0 saturated heterocycles. The molecule has 3 aromatic rings. The molecule has 3 rings (SSSR count). The number of amides is 1. The molecule has 0 radical (unpaired) electrons. The smallest absolute Gasteiger partial charge is 0.221 e. The van der Waals surface area contributed by atoms with Crippen LogP contribution < -0.4 is 5.32 Å². The van der Waals surface area contributed by atoms with Crippen LogP contribution in [-0.2, 0) is 11.2 Å². The van der Waals surface area contributed by atoms with Crippen molar-refractivity contribution in [3.63, 3.8) is 0 Å². The first kappa shape index (κ1) is 16.6. The Balaban J connectivity index is 1.70. The lowest BCUT2D eigenvalue weighted by Gasteiger charge is -2.17. The summed E-state index contributed by atoms with van der Waals surface area (Å²) in [6.45, 7) is 0. The van der Waals surface area contributed by atoms with Crippen LogP contribution in [0.5, 0.6) is 0 Å². The lowest BCUT2D eigenvalue weighted by molar-refractivity contribution is -0.122. The largest absolute Gasteiger partial charge is 0.469 e. The quantitative estimate of drug-likeness (QED) is 0.680. The minimum Gasteiger partial charge on any atom is -0.469 e. The molecule has 24 heavy (non-hydrogen) atoms. The maximum atomic E-state index is 12.3. The monoisotopic (exact) mass is 344 g/mol. The van der Waals surface area contributed by atoms with E-state index in [1.807, 2.05) is 40.9 Å². The molecule has 1 N–H and O–H groups in total. The Morgan fingerprint density at radius 2 is 2.25 bits per heavy atom. The van der Waals surface area contributed by atoms with Gasteiger partial charge in [-0.3, -0.25) is 9.20 Å². The number of carbonyl (C=O) groups is 1. The zero-order valence-electron chi connectivity index (χ0n) is 13.5. The van der Waals surface area contributed by atoms with E-state index in [0.717, 1.165) is 29.4 Å². The Morgan fingerprint density at radius 1 is 1.33 bits per heavy atom. The summed E-state index contributed by atoms with van der Waals surface area (Å²) in [6.07, 6.45) is 7.39. The van der Waals surface area contributed by atoms with E-state index < -0.39 is 0 Å². The van der Waals surface area contributed by atoms with Gasteiger partial charge < -0.3 is 9.73 Å². The molecule has 0 bridgehead atoms. The number of fused-ring (bicyclic) bond motifs is 1. The van der Waals surface area contributed by atoms with Crippen LogP contribution in [0.15, 0.2) is 47.2 Å². The molecule has 3 heterocycles. The Bertz CT molecular complexity index is 785. The predicted octanol–water partition coefficient (Wildman–Crippen LogP) is 2.87. The molecule has 0 aromatic carbocycles. The Kier molecular flexibility index (Phi) is 5.53. The van der Waals surface area contributed by atoms with E-state index in [9.17, 15) is 4.79 Å². The number of nitrogens with one attached hydrogen (secondary N) is 1. The molecule has 0 aliphatic carbocycles. The van der Waals surface area contributed by atoms with Crippen LogP contribution in [0.2, 0.25) is 0 Å². The van der Waals surface area contributed by atoms with Crippen molar-refractivity contribution >= 4 is 23.3 Å². The highest BCUT2D eigenvalue weighted by atomic mass is 32.2. The number of aromatic nitrogens is 3. The van der Waals surface area contributed by atoms with E-state index in [-0.39, 0.29) is 11.9 Å². The fraction of sp³-hybridized carbons (Fsp3) is 0.353. The van der Waals surface area contributed by atoms with Gasteiger partial charge in [-0.1, -0.05) is 6.07 Å². The average molecular weight is 344 g/mol. The minimum atomic E-state index is -0.154. The molecule has 1 unspecified atom stereocenters. The van der Waals surface area contributed by atoms with Gasteiger partial charge in [-0.25, -0.2) is 0 Å². The zero-order chi connectivity index (χ0) is 16.8. The van der Waals surface area contributed by atoms with Crippen LogP contribution in [-0.4, -0.2) is 32.5 Å². The molecular weight excluding hydrogens is 324 g/mol. The number of rotatable bonds is 8. The third-order valence-electron chi connectivity index (χ3n) is 3.78. The summed E-state index contributed by atoms with van der Waals surface area (Å²) in [4.78, 5) is 12.3. The van der Waals surface area contributed by atoms with E-state index in [0.29, 0.717) is 12.8 Å². The number of aryl methyl sites for hydroxylation is 1. The van der Waals surface area contributed by atoms with E-state index in [1.165, 1.54) is 0 Å². The van der Waals surface area contributed by atoms with Crippen LogP contribution in [0, 0.1) is 0 Å². The fourth-order valence-corrected chi connectivity index (χ4v) is 3.03. The lowest BCUT2D eigenvalue weighted by Crippen LogP contribution is -2.30. The van der Waals surface area contributed by atoms with Gasteiger partial charge in [-0.2, -0.15) is 11.8 Å². The number of hydrogen-bond acceptors (Lipinski definition) is 5. The van der Waals surface area contributed by atoms with Gasteiger partial charge in [0, 0.05) is 19.0 Å². The first-order valence-electron chi connectivity index (χ1n) is 7.88. The van der Waals surface area contributed by atoms with Gasteiger partial charge in [-0.15, -0.1) is 10.2 Å². The normalized spacial score (nSPS) is 12.4. The van der Waals surface area contributed by atoms with Crippen molar-refractivity contribution in [2.45, 2.75) is 25.3 Å². The molecule has 0 fully saturated rings. The molecule has 1 amide bonds. The summed E-state index contributed by atoms with van der Waals surface area (Å²) in [5.41, 5.74) is 0.784. The molecule has 1 atom stereocenters. The number of furan rings is 1. The standard InChI is InChI=1S/C17H20N4O2S/c1-24-12-9-14(17-20-19-15-6-2-3-10-21(15)17)18-16(22)8-7-13-5-4-11-23-13/h2-6,10-11,14H,7-9,12H2,1H3,(H,18,22). The second-order valence-corrected chi connectivity index (χ2v) is 6.45. The van der Waals surface area contributed by atoms with Gasteiger partial charge in [0.1, 0.15) is 5.76 Å². The number of hydrogen-bond donors (Lipinski definition) is 1.